The highest BCUT2D eigenvalue weighted by Gasteiger charge is 2.60. The fourth-order valence-electron chi connectivity index (χ4n) is 7.20. The molecule has 216 valence electrons. The van der Waals surface area contributed by atoms with Gasteiger partial charge in [-0.3, -0.25) is 14.4 Å². The van der Waals surface area contributed by atoms with Gasteiger partial charge < -0.3 is 30.9 Å². The van der Waals surface area contributed by atoms with E-state index in [0.717, 1.165) is 32.5 Å². The fourth-order valence-corrected chi connectivity index (χ4v) is 8.68. The lowest BCUT2D eigenvalue weighted by Gasteiger charge is -2.47. The number of tetrazole rings is 1. The summed E-state index contributed by atoms with van der Waals surface area (Å²) in [5.41, 5.74) is 0.0304. The second-order valence-electron chi connectivity index (χ2n) is 11.5. The molecule has 1 aromatic heterocycles. The van der Waals surface area contributed by atoms with E-state index >= 15 is 0 Å². The summed E-state index contributed by atoms with van der Waals surface area (Å²) in [6, 6.07) is -0.814. The maximum absolute atomic E-state index is 13.4. The minimum atomic E-state index is -1.13. The van der Waals surface area contributed by atoms with E-state index in [4.69, 9.17) is 0 Å². The van der Waals surface area contributed by atoms with Crippen molar-refractivity contribution in [3.8, 4) is 0 Å². The average molecular weight is 574 g/mol. The van der Waals surface area contributed by atoms with E-state index in [2.05, 4.69) is 36.4 Å². The standard InChI is InChI=1S/C25H35N9O5S/c1-12-20-19(13(2)29-18(35)10-32-11-28-30-31-32)24(37)34(20)21(25(38)39)22(12)40-15-7-16(27-9-15)23(36)33-6-4-14-8-26-5-3-17(14)33/h11-17,19-20,26-27H,3-10H2,1-2H3,(H,29,35)(H,38,39)/t12-,13?,14?,15+,16+,17?,19-,20-/m1/s1. The van der Waals surface area contributed by atoms with Crippen molar-refractivity contribution < 1.29 is 24.3 Å². The molecule has 14 nitrogen and oxygen atoms in total. The molecular formula is C25H35N9O5S. The Hall–Kier alpha value is -3.04. The van der Waals surface area contributed by atoms with Gasteiger partial charge in [0.05, 0.1) is 18.0 Å². The van der Waals surface area contributed by atoms with Gasteiger partial charge in [0.1, 0.15) is 18.6 Å². The molecule has 6 rings (SSSR count). The molecular weight excluding hydrogens is 538 g/mol. The van der Waals surface area contributed by atoms with Crippen LogP contribution in [0.1, 0.15) is 33.1 Å². The number of rotatable bonds is 8. The number of aliphatic carboxylic acids is 1. The number of likely N-dealkylation sites (tertiary alicyclic amines) is 1. The highest BCUT2D eigenvalue weighted by atomic mass is 32.2. The molecule has 0 saturated carbocycles. The second kappa shape index (κ2) is 10.7. The maximum atomic E-state index is 13.4. The van der Waals surface area contributed by atoms with E-state index in [9.17, 15) is 24.3 Å². The van der Waals surface area contributed by atoms with Crippen LogP contribution in [0.5, 0.6) is 0 Å². The van der Waals surface area contributed by atoms with E-state index in [1.54, 1.807) is 6.92 Å². The number of carboxylic acid groups (broad SMARTS) is 1. The van der Waals surface area contributed by atoms with Crippen LogP contribution in [0.2, 0.25) is 0 Å². The summed E-state index contributed by atoms with van der Waals surface area (Å²) in [4.78, 5) is 55.5. The Balaban J connectivity index is 1.10. The molecule has 15 heteroatoms. The van der Waals surface area contributed by atoms with Gasteiger partial charge in [-0.15, -0.1) is 16.9 Å². The lowest BCUT2D eigenvalue weighted by molar-refractivity contribution is -0.158. The minimum absolute atomic E-state index is 0.0211. The summed E-state index contributed by atoms with van der Waals surface area (Å²) in [5, 5.41) is 30.5. The van der Waals surface area contributed by atoms with Gasteiger partial charge in [-0.1, -0.05) is 6.92 Å². The molecule has 0 bridgehead atoms. The Bertz CT molecular complexity index is 1230. The Morgan fingerprint density at radius 3 is 2.85 bits per heavy atom. The Kier molecular flexibility index (Phi) is 7.29. The second-order valence-corrected chi connectivity index (χ2v) is 12.8. The smallest absolute Gasteiger partial charge is 0.353 e. The van der Waals surface area contributed by atoms with Gasteiger partial charge in [-0.25, -0.2) is 9.48 Å². The molecule has 4 N–H and O–H groups in total. The third kappa shape index (κ3) is 4.67. The van der Waals surface area contributed by atoms with Gasteiger partial charge in [0, 0.05) is 41.2 Å². The number of nitrogens with zero attached hydrogens (tertiary/aromatic N) is 6. The van der Waals surface area contributed by atoms with Crippen LogP contribution in [0, 0.1) is 17.8 Å². The van der Waals surface area contributed by atoms with Crippen LogP contribution >= 0.6 is 11.8 Å². The SMILES string of the molecule is CC(NC(=O)Cn1cnnn1)[C@H]1C(=O)N2C(C(=O)O)=C(S[C@@H]3CN[C@H](C(=O)N4CCC5CNCCC54)C3)[C@H](C)[C@H]12. The molecule has 0 aliphatic carbocycles. The van der Waals surface area contributed by atoms with Gasteiger partial charge in [-0.2, -0.15) is 0 Å². The van der Waals surface area contributed by atoms with Crippen LogP contribution in [-0.2, 0) is 25.7 Å². The normalized spacial score (nSPS) is 34.0. The van der Waals surface area contributed by atoms with Crippen LogP contribution in [0.25, 0.3) is 0 Å². The molecule has 5 aliphatic rings. The van der Waals surface area contributed by atoms with Crippen molar-refractivity contribution >= 4 is 35.5 Å². The minimum Gasteiger partial charge on any atom is -0.477 e. The predicted molar refractivity (Wildman–Crippen MR) is 142 cm³/mol. The van der Waals surface area contributed by atoms with E-state index in [1.807, 2.05) is 6.92 Å². The topological polar surface area (TPSA) is 175 Å². The first-order valence-corrected chi connectivity index (χ1v) is 14.8. The average Bonchev–Trinajstić information content (AvgIpc) is 3.71. The lowest BCUT2D eigenvalue weighted by Crippen LogP contribution is -2.66. The van der Waals surface area contributed by atoms with Crippen molar-refractivity contribution in [2.24, 2.45) is 17.8 Å². The summed E-state index contributed by atoms with van der Waals surface area (Å²) in [6.45, 7) is 6.92. The number of aromatic nitrogens is 4. The van der Waals surface area contributed by atoms with Crippen molar-refractivity contribution in [3.63, 3.8) is 0 Å². The molecule has 40 heavy (non-hydrogen) atoms. The first-order valence-electron chi connectivity index (χ1n) is 14.0. The van der Waals surface area contributed by atoms with E-state index in [-0.39, 0.29) is 53.2 Å². The van der Waals surface area contributed by atoms with Crippen molar-refractivity contribution in [2.45, 2.75) is 69.1 Å². The summed E-state index contributed by atoms with van der Waals surface area (Å²) in [6.07, 6.45) is 3.96. The Labute approximate surface area is 235 Å². The number of β-lactam (4-membered cyclic amide) rings is 1. The maximum Gasteiger partial charge on any atom is 0.353 e. The number of nitrogens with one attached hydrogen (secondary N) is 3. The van der Waals surface area contributed by atoms with Gasteiger partial charge in [0.15, 0.2) is 0 Å². The number of piperidine rings is 1. The zero-order valence-corrected chi connectivity index (χ0v) is 23.3. The number of carbonyl (C=O) groups is 4. The number of fused-ring (bicyclic) bond motifs is 2. The van der Waals surface area contributed by atoms with Crippen molar-refractivity contribution in [1.29, 1.82) is 0 Å². The van der Waals surface area contributed by atoms with Crippen molar-refractivity contribution in [1.82, 2.24) is 46.0 Å². The fraction of sp³-hybridized carbons (Fsp3) is 0.720. The van der Waals surface area contributed by atoms with Crippen LogP contribution in [0.3, 0.4) is 0 Å². The number of amides is 3. The van der Waals surface area contributed by atoms with Crippen LogP contribution in [0.15, 0.2) is 16.9 Å². The summed E-state index contributed by atoms with van der Waals surface area (Å²) < 4.78 is 1.29. The molecule has 6 heterocycles. The Morgan fingerprint density at radius 1 is 1.27 bits per heavy atom. The van der Waals surface area contributed by atoms with Crippen molar-refractivity contribution in [2.75, 3.05) is 26.2 Å². The monoisotopic (exact) mass is 573 g/mol. The molecule has 3 unspecified atom stereocenters. The molecule has 3 amide bonds. The number of carbonyl (C=O) groups excluding carboxylic acids is 3. The molecule has 4 fully saturated rings. The molecule has 5 aliphatic heterocycles. The number of carboxylic acids is 1. The summed E-state index contributed by atoms with van der Waals surface area (Å²) in [5.74, 6) is -1.84. The quantitative estimate of drug-likeness (QED) is 0.270. The van der Waals surface area contributed by atoms with Gasteiger partial charge >= 0.3 is 5.97 Å². The zero-order chi connectivity index (χ0) is 28.1. The zero-order valence-electron chi connectivity index (χ0n) is 22.5. The van der Waals surface area contributed by atoms with Gasteiger partial charge in [0.2, 0.25) is 17.7 Å². The van der Waals surface area contributed by atoms with Crippen LogP contribution in [0.4, 0.5) is 0 Å². The van der Waals surface area contributed by atoms with Gasteiger partial charge in [-0.05, 0) is 55.6 Å². The third-order valence-corrected chi connectivity index (χ3v) is 10.6. The molecule has 1 aromatic rings. The molecule has 0 radical (unpaired) electrons. The van der Waals surface area contributed by atoms with E-state index < -0.39 is 17.9 Å². The first kappa shape index (κ1) is 27.1. The van der Waals surface area contributed by atoms with Crippen LogP contribution in [-0.4, -0.2) is 114 Å². The highest BCUT2D eigenvalue weighted by Crippen LogP contribution is 2.52. The third-order valence-electron chi connectivity index (χ3n) is 9.09. The van der Waals surface area contributed by atoms with Crippen molar-refractivity contribution in [3.05, 3.63) is 16.9 Å². The van der Waals surface area contributed by atoms with E-state index in [0.29, 0.717) is 29.8 Å². The van der Waals surface area contributed by atoms with E-state index in [1.165, 1.54) is 27.7 Å². The van der Waals surface area contributed by atoms with Gasteiger partial charge in [0.25, 0.3) is 0 Å². The largest absolute Gasteiger partial charge is 0.477 e. The summed E-state index contributed by atoms with van der Waals surface area (Å²) >= 11 is 1.47. The predicted octanol–water partition coefficient (Wildman–Crippen LogP) is -1.38. The van der Waals surface area contributed by atoms with Crippen LogP contribution < -0.4 is 16.0 Å². The Morgan fingerprint density at radius 2 is 2.10 bits per heavy atom. The number of thioether (sulfide) groups is 1. The highest BCUT2D eigenvalue weighted by molar-refractivity contribution is 8.03. The molecule has 4 saturated heterocycles. The molecule has 0 spiro atoms. The number of hydrogen-bond acceptors (Lipinski definition) is 10. The molecule has 8 atom stereocenters. The number of hydrogen-bond donors (Lipinski definition) is 4. The first-order chi connectivity index (χ1) is 19.2. The lowest BCUT2D eigenvalue weighted by atomic mass is 9.78. The molecule has 0 aromatic carbocycles. The summed E-state index contributed by atoms with van der Waals surface area (Å²) in [7, 11) is 0.